The normalized spacial score (nSPS) is 26.0. The molecular formula is C19H29ClN4O8P2. The van der Waals surface area contributed by atoms with Crippen LogP contribution in [-0.4, -0.2) is 66.2 Å². The Morgan fingerprint density at radius 1 is 1.29 bits per heavy atom. The van der Waals surface area contributed by atoms with Crippen molar-refractivity contribution in [2.45, 2.75) is 50.4 Å². The zero-order chi connectivity index (χ0) is 24.7. The molecule has 2 fully saturated rings. The van der Waals surface area contributed by atoms with Crippen molar-refractivity contribution in [2.24, 2.45) is 11.8 Å². The minimum atomic E-state index is -4.74. The van der Waals surface area contributed by atoms with E-state index >= 15 is 0 Å². The molecule has 0 saturated heterocycles. The summed E-state index contributed by atoms with van der Waals surface area (Å²) in [5.74, 6) is 0.0946. The Kier molecular flexibility index (Phi) is 7.74. The molecule has 4 rings (SSSR count). The van der Waals surface area contributed by atoms with E-state index in [0.717, 1.165) is 18.0 Å². The van der Waals surface area contributed by atoms with Gasteiger partial charge in [0.1, 0.15) is 6.10 Å². The lowest BCUT2D eigenvalue weighted by molar-refractivity contribution is 0.0120. The number of aromatic nitrogens is 3. The van der Waals surface area contributed by atoms with Crippen molar-refractivity contribution in [3.8, 4) is 0 Å². The van der Waals surface area contributed by atoms with E-state index in [0.29, 0.717) is 23.3 Å². The van der Waals surface area contributed by atoms with Gasteiger partial charge in [-0.3, -0.25) is 9.13 Å². The second kappa shape index (κ2) is 10.1. The van der Waals surface area contributed by atoms with Crippen molar-refractivity contribution in [1.82, 2.24) is 14.6 Å². The molecule has 34 heavy (non-hydrogen) atoms. The van der Waals surface area contributed by atoms with Gasteiger partial charge in [-0.2, -0.15) is 5.10 Å². The molecule has 0 radical (unpaired) electrons. The molecule has 0 spiro atoms. The van der Waals surface area contributed by atoms with Crippen molar-refractivity contribution in [3.63, 3.8) is 0 Å². The van der Waals surface area contributed by atoms with Gasteiger partial charge in [0.2, 0.25) is 0 Å². The molecule has 2 aliphatic rings. The van der Waals surface area contributed by atoms with E-state index in [2.05, 4.69) is 15.4 Å². The number of anilines is 1. The summed E-state index contributed by atoms with van der Waals surface area (Å²) in [6, 6.07) is 2.07. The van der Waals surface area contributed by atoms with Gasteiger partial charge in [-0.1, -0.05) is 18.0 Å². The lowest BCUT2D eigenvalue weighted by Gasteiger charge is -2.24. The lowest BCUT2D eigenvalue weighted by Crippen LogP contribution is -2.26. The largest absolute Gasteiger partial charge is 0.387 e. The first-order valence-electron chi connectivity index (χ1n) is 11.0. The van der Waals surface area contributed by atoms with Crippen LogP contribution in [-0.2, 0) is 18.4 Å². The van der Waals surface area contributed by atoms with Crippen LogP contribution in [0.25, 0.3) is 5.65 Å². The molecule has 190 valence electrons. The predicted octanol–water partition coefficient (Wildman–Crippen LogP) is 2.76. The number of hydrogen-bond donors (Lipinski definition) is 5. The summed E-state index contributed by atoms with van der Waals surface area (Å²) in [4.78, 5) is 31.9. The zero-order valence-corrected chi connectivity index (χ0v) is 21.1. The second-order valence-corrected chi connectivity index (χ2v) is 13.5. The van der Waals surface area contributed by atoms with E-state index < -0.39 is 39.9 Å². The van der Waals surface area contributed by atoms with Crippen LogP contribution in [0.3, 0.4) is 0 Å². The van der Waals surface area contributed by atoms with Gasteiger partial charge in [-0.05, 0) is 31.1 Å². The summed E-state index contributed by atoms with van der Waals surface area (Å²) in [7, 11) is -7.95. The number of hydrogen-bond acceptors (Lipinski definition) is 8. The van der Waals surface area contributed by atoms with Crippen molar-refractivity contribution in [2.75, 3.05) is 24.9 Å². The quantitative estimate of drug-likeness (QED) is 0.266. The monoisotopic (exact) mass is 538 g/mol. The number of rotatable bonds is 11. The number of ether oxygens (including phenoxy) is 1. The van der Waals surface area contributed by atoms with Crippen molar-refractivity contribution in [1.29, 1.82) is 0 Å². The summed E-state index contributed by atoms with van der Waals surface area (Å²) >= 11 is 6.26. The molecule has 2 bridgehead atoms. The number of methoxy groups -OCH3 is 1. The van der Waals surface area contributed by atoms with Crippen LogP contribution in [0.4, 0.5) is 5.69 Å². The Morgan fingerprint density at radius 2 is 2.06 bits per heavy atom. The fourth-order valence-corrected chi connectivity index (χ4v) is 7.76. The van der Waals surface area contributed by atoms with E-state index in [4.69, 9.17) is 30.6 Å². The third kappa shape index (κ3) is 6.19. The van der Waals surface area contributed by atoms with Crippen molar-refractivity contribution < 1.29 is 38.2 Å². The average Bonchev–Trinajstić information content (AvgIpc) is 3.44. The van der Waals surface area contributed by atoms with Crippen LogP contribution in [0.1, 0.15) is 43.9 Å². The summed E-state index contributed by atoms with van der Waals surface area (Å²) in [5.41, 5.74) is 1.60. The van der Waals surface area contributed by atoms with Gasteiger partial charge in [-0.25, -0.2) is 9.50 Å². The minimum Gasteiger partial charge on any atom is -0.387 e. The molecule has 15 heteroatoms. The number of nitrogens with zero attached hydrogens (tertiary/aromatic N) is 3. The van der Waals surface area contributed by atoms with Gasteiger partial charge < -0.3 is 34.4 Å². The number of imidazole rings is 1. The predicted molar refractivity (Wildman–Crippen MR) is 124 cm³/mol. The van der Waals surface area contributed by atoms with Gasteiger partial charge in [-0.15, -0.1) is 0 Å². The molecule has 12 nitrogen and oxygen atoms in total. The summed E-state index contributed by atoms with van der Waals surface area (Å²) in [5, 5.41) is 18.9. The van der Waals surface area contributed by atoms with Gasteiger partial charge in [0, 0.05) is 25.6 Å². The van der Waals surface area contributed by atoms with Gasteiger partial charge in [0.05, 0.1) is 30.3 Å². The number of aliphatic hydroxyl groups excluding tert-OH is 1. The first-order chi connectivity index (χ1) is 15.9. The van der Waals surface area contributed by atoms with E-state index in [1.54, 1.807) is 6.07 Å². The van der Waals surface area contributed by atoms with Gasteiger partial charge in [0.25, 0.3) is 0 Å². The number of fused-ring (bicyclic) bond motifs is 3. The lowest BCUT2D eigenvalue weighted by atomic mass is 9.95. The molecule has 2 aromatic rings. The van der Waals surface area contributed by atoms with Crippen LogP contribution >= 0.6 is 26.8 Å². The highest BCUT2D eigenvalue weighted by molar-refractivity contribution is 7.70. The minimum absolute atomic E-state index is 0.0520. The second-order valence-electron chi connectivity index (χ2n) is 9.07. The molecule has 2 aliphatic carbocycles. The maximum absolute atomic E-state index is 11.9. The van der Waals surface area contributed by atoms with Crippen LogP contribution in [0.5, 0.6) is 0 Å². The average molecular weight is 539 g/mol. The molecule has 6 atom stereocenters. The highest BCUT2D eigenvalue weighted by atomic mass is 35.5. The van der Waals surface area contributed by atoms with Crippen LogP contribution in [0, 0.1) is 11.8 Å². The van der Waals surface area contributed by atoms with E-state index in [9.17, 15) is 19.1 Å². The summed E-state index contributed by atoms with van der Waals surface area (Å²) in [6.07, 6.45) is 4.29. The number of aliphatic hydroxyl groups is 1. The van der Waals surface area contributed by atoms with Crippen LogP contribution < -0.4 is 5.32 Å². The Hall–Kier alpha value is -1.07. The summed E-state index contributed by atoms with van der Waals surface area (Å²) < 4.78 is 34.4. The topological polar surface area (TPSA) is 176 Å². The molecular weight excluding hydrogens is 510 g/mol. The fourth-order valence-electron chi connectivity index (χ4n) is 4.99. The van der Waals surface area contributed by atoms with E-state index in [-0.39, 0.29) is 11.6 Å². The smallest absolute Gasteiger partial charge is 0.340 e. The Labute approximate surface area is 201 Å². The molecule has 0 amide bonds. The van der Waals surface area contributed by atoms with Crippen molar-refractivity contribution >= 4 is 38.1 Å². The molecule has 0 aliphatic heterocycles. The first-order valence-corrected chi connectivity index (χ1v) is 14.9. The Balaban J connectivity index is 1.45. The number of nitrogens with one attached hydrogen (secondary N) is 1. The molecule has 2 aromatic heterocycles. The maximum atomic E-state index is 11.9. The Bertz CT molecular complexity index is 1130. The molecule has 5 N–H and O–H groups in total. The van der Waals surface area contributed by atoms with Crippen LogP contribution in [0.2, 0.25) is 5.15 Å². The maximum Gasteiger partial charge on any atom is 0.340 e. The van der Waals surface area contributed by atoms with E-state index in [1.807, 2.05) is 0 Å². The third-order valence-electron chi connectivity index (χ3n) is 6.53. The standard InChI is InChI=1S/C19H29ClN4O8P2/c1-31-13(9-32-34(29,30)10-33(26,27)28)6-17(25)16-8-21-19-15(7-18(20)23-24(16)19)22-14-5-11-2-3-12(14)4-11/h7-8,11-14,17,22,25H,2-6,9-10H2,1H3,(H,29,30)(H2,26,27,28)/t11?,12?,13-,14?,17?/m0/s1. The Morgan fingerprint density at radius 3 is 2.68 bits per heavy atom. The highest BCUT2D eigenvalue weighted by Crippen LogP contribution is 2.55. The molecule has 5 unspecified atom stereocenters. The van der Waals surface area contributed by atoms with Gasteiger partial charge >= 0.3 is 15.2 Å². The SMILES string of the molecule is CO[C@H](COP(=O)(O)CP(=O)(O)O)CC(O)c1cnc2c(NC3CC4CCC3C4)cc(Cl)nn12. The molecule has 2 saturated carbocycles. The molecule has 2 heterocycles. The highest BCUT2D eigenvalue weighted by Gasteiger charge is 2.40. The fraction of sp³-hybridized carbons (Fsp3) is 0.684. The van der Waals surface area contributed by atoms with Crippen LogP contribution in [0.15, 0.2) is 12.3 Å². The first kappa shape index (κ1) is 26.0. The zero-order valence-electron chi connectivity index (χ0n) is 18.5. The van der Waals surface area contributed by atoms with Crippen molar-refractivity contribution in [3.05, 3.63) is 23.1 Å². The number of halogens is 1. The third-order valence-corrected chi connectivity index (χ3v) is 10.2. The van der Waals surface area contributed by atoms with Gasteiger partial charge in [0.15, 0.2) is 16.7 Å². The van der Waals surface area contributed by atoms with E-state index in [1.165, 1.54) is 37.1 Å². The summed E-state index contributed by atoms with van der Waals surface area (Å²) in [6.45, 7) is -0.455. The molecule has 0 aromatic carbocycles.